The molecule has 1 amide bonds. The van der Waals surface area contributed by atoms with Crippen molar-refractivity contribution in [2.45, 2.75) is 25.7 Å². The Kier molecular flexibility index (Phi) is 3.77. The number of carbonyl (C=O) groups is 1. The summed E-state index contributed by atoms with van der Waals surface area (Å²) in [7, 11) is -1.30. The number of thiophene rings is 1. The number of carbonyl (C=O) groups excluding carboxylic acids is 1. The van der Waals surface area contributed by atoms with Crippen LogP contribution in [0.15, 0.2) is 30.3 Å². The number of hydrogen-bond acceptors (Lipinski definition) is 4. The van der Waals surface area contributed by atoms with Gasteiger partial charge in [-0.05, 0) is 48.2 Å². The molecule has 0 unspecified atom stereocenters. The van der Waals surface area contributed by atoms with Crippen LogP contribution in [0, 0.1) is 5.25 Å². The topological polar surface area (TPSA) is 54.5 Å². The first kappa shape index (κ1) is 15.8. The Balaban J connectivity index is 1.67. The summed E-state index contributed by atoms with van der Waals surface area (Å²) in [6.07, 6.45) is 2.78. The third-order valence-corrected chi connectivity index (χ3v) is 8.09. The van der Waals surface area contributed by atoms with E-state index in [9.17, 15) is 13.2 Å². The predicted octanol–water partition coefficient (Wildman–Crippen LogP) is 3.41. The number of nitrogens with zero attached hydrogens (tertiary/aromatic N) is 1. The van der Waals surface area contributed by atoms with Crippen molar-refractivity contribution in [3.63, 3.8) is 0 Å². The molecule has 1 radical (unpaired) electrons. The molecule has 1 saturated heterocycles. The standard InChI is InChI=1S/C18H18NO3S2/c1-19-14-6-5-12(10-13(14)11-18(19)20)15-7-8-16(23-15)17-4-2-3-9-24(17,21)22/h5-8,10H,2-4,9,11H2,1H3. The monoisotopic (exact) mass is 360 g/mol. The molecule has 4 rings (SSSR count). The number of anilines is 1. The summed E-state index contributed by atoms with van der Waals surface area (Å²) in [4.78, 5) is 15.4. The van der Waals surface area contributed by atoms with Gasteiger partial charge in [0.05, 0.1) is 12.2 Å². The first-order chi connectivity index (χ1) is 11.5. The fourth-order valence-corrected chi connectivity index (χ4v) is 6.54. The molecule has 0 spiro atoms. The maximum atomic E-state index is 12.3. The van der Waals surface area contributed by atoms with Gasteiger partial charge in [0.15, 0.2) is 9.84 Å². The van der Waals surface area contributed by atoms with E-state index in [4.69, 9.17) is 0 Å². The van der Waals surface area contributed by atoms with E-state index in [1.807, 2.05) is 30.3 Å². The highest BCUT2D eigenvalue weighted by Crippen LogP contribution is 2.40. The molecule has 0 atom stereocenters. The lowest BCUT2D eigenvalue weighted by Crippen LogP contribution is -2.21. The van der Waals surface area contributed by atoms with Crippen molar-refractivity contribution >= 4 is 32.8 Å². The number of rotatable bonds is 2. The van der Waals surface area contributed by atoms with Crippen LogP contribution >= 0.6 is 11.3 Å². The van der Waals surface area contributed by atoms with E-state index in [1.54, 1.807) is 11.9 Å². The second kappa shape index (κ2) is 5.70. The van der Waals surface area contributed by atoms with Crippen molar-refractivity contribution in [3.8, 4) is 10.4 Å². The van der Waals surface area contributed by atoms with Gasteiger partial charge < -0.3 is 4.90 Å². The summed E-state index contributed by atoms with van der Waals surface area (Å²) in [6.45, 7) is 0. The number of hydrogen-bond donors (Lipinski definition) is 0. The lowest BCUT2D eigenvalue weighted by atomic mass is 10.1. The zero-order valence-corrected chi connectivity index (χ0v) is 15.0. The number of fused-ring (bicyclic) bond motifs is 1. The van der Waals surface area contributed by atoms with Gasteiger partial charge in [-0.2, -0.15) is 0 Å². The number of amides is 1. The van der Waals surface area contributed by atoms with Crippen molar-refractivity contribution in [1.82, 2.24) is 0 Å². The first-order valence-corrected chi connectivity index (χ1v) is 10.5. The van der Waals surface area contributed by atoms with Crippen LogP contribution in [0.4, 0.5) is 5.69 Å². The first-order valence-electron chi connectivity index (χ1n) is 8.04. The third kappa shape index (κ3) is 2.58. The lowest BCUT2D eigenvalue weighted by molar-refractivity contribution is -0.117. The van der Waals surface area contributed by atoms with Gasteiger partial charge in [0.2, 0.25) is 5.91 Å². The molecule has 6 heteroatoms. The van der Waals surface area contributed by atoms with E-state index < -0.39 is 9.84 Å². The van der Waals surface area contributed by atoms with Crippen LogP contribution < -0.4 is 4.90 Å². The van der Waals surface area contributed by atoms with E-state index in [1.165, 1.54) is 11.3 Å². The smallest absolute Gasteiger partial charge is 0.231 e. The fraction of sp³-hybridized carbons (Fsp3) is 0.333. The minimum atomic E-state index is -3.09. The highest BCUT2D eigenvalue weighted by atomic mass is 32.2. The normalized spacial score (nSPS) is 20.4. The van der Waals surface area contributed by atoms with Gasteiger partial charge in [-0.25, -0.2) is 8.42 Å². The Hall–Kier alpha value is -1.66. The van der Waals surface area contributed by atoms with Gasteiger partial charge in [-0.3, -0.25) is 4.79 Å². The molecular formula is C18H18NO3S2. The van der Waals surface area contributed by atoms with Crippen molar-refractivity contribution in [2.75, 3.05) is 17.7 Å². The molecular weight excluding hydrogens is 342 g/mol. The largest absolute Gasteiger partial charge is 0.315 e. The van der Waals surface area contributed by atoms with E-state index in [0.29, 0.717) is 18.1 Å². The molecule has 1 aromatic carbocycles. The van der Waals surface area contributed by atoms with Gasteiger partial charge in [0.25, 0.3) is 0 Å². The number of likely N-dealkylation sites (N-methyl/N-ethyl adjacent to an activating group) is 1. The van der Waals surface area contributed by atoms with Crippen LogP contribution in [-0.2, 0) is 21.1 Å². The Labute approximate surface area is 146 Å². The van der Waals surface area contributed by atoms with E-state index in [0.717, 1.165) is 39.4 Å². The van der Waals surface area contributed by atoms with Gasteiger partial charge in [0, 0.05) is 22.5 Å². The Bertz CT molecular complexity index is 914. The zero-order chi connectivity index (χ0) is 16.9. The molecule has 1 aromatic heterocycles. The van der Waals surface area contributed by atoms with Crippen LogP contribution in [0.25, 0.3) is 10.4 Å². The summed E-state index contributed by atoms with van der Waals surface area (Å²) in [5, 5.41) is 0.598. The van der Waals surface area contributed by atoms with Crippen molar-refractivity contribution in [2.24, 2.45) is 0 Å². The van der Waals surface area contributed by atoms with Crippen LogP contribution in [0.1, 0.15) is 29.7 Å². The highest BCUT2D eigenvalue weighted by molar-refractivity contribution is 7.94. The van der Waals surface area contributed by atoms with E-state index in [2.05, 4.69) is 0 Å². The number of benzene rings is 1. The van der Waals surface area contributed by atoms with Crippen LogP contribution in [0.2, 0.25) is 0 Å². The van der Waals surface area contributed by atoms with Crippen molar-refractivity contribution in [3.05, 3.63) is 46.0 Å². The molecule has 2 aliphatic rings. The Morgan fingerprint density at radius 2 is 1.88 bits per heavy atom. The molecule has 3 heterocycles. The summed E-state index contributed by atoms with van der Waals surface area (Å²) in [6, 6.07) is 9.93. The SMILES string of the molecule is CN1C(=O)Cc2cc(-c3ccc([C]4CCCCS4(=O)=O)s3)ccc21. The second-order valence-electron chi connectivity index (χ2n) is 6.34. The van der Waals surface area contributed by atoms with Gasteiger partial charge >= 0.3 is 0 Å². The molecule has 2 aromatic rings. The average Bonchev–Trinajstić information content (AvgIpc) is 3.13. The van der Waals surface area contributed by atoms with Crippen LogP contribution in [0.3, 0.4) is 0 Å². The Morgan fingerprint density at radius 3 is 2.67 bits per heavy atom. The molecule has 0 bridgehead atoms. The molecule has 1 fully saturated rings. The quantitative estimate of drug-likeness (QED) is 0.825. The summed E-state index contributed by atoms with van der Waals surface area (Å²) in [5.41, 5.74) is 3.04. The molecule has 0 aliphatic carbocycles. The molecule has 4 nitrogen and oxygen atoms in total. The average molecular weight is 360 g/mol. The maximum absolute atomic E-state index is 12.3. The highest BCUT2D eigenvalue weighted by Gasteiger charge is 2.32. The fourth-order valence-electron chi connectivity index (χ4n) is 3.40. The van der Waals surface area contributed by atoms with Crippen molar-refractivity contribution in [1.29, 1.82) is 0 Å². The van der Waals surface area contributed by atoms with E-state index >= 15 is 0 Å². The zero-order valence-electron chi connectivity index (χ0n) is 13.4. The maximum Gasteiger partial charge on any atom is 0.231 e. The van der Waals surface area contributed by atoms with Gasteiger partial charge in [-0.15, -0.1) is 11.3 Å². The van der Waals surface area contributed by atoms with Gasteiger partial charge in [0.1, 0.15) is 5.25 Å². The van der Waals surface area contributed by atoms with Gasteiger partial charge in [-0.1, -0.05) is 12.5 Å². The molecule has 2 aliphatic heterocycles. The van der Waals surface area contributed by atoms with E-state index in [-0.39, 0.29) is 11.7 Å². The molecule has 0 N–H and O–H groups in total. The minimum absolute atomic E-state index is 0.109. The number of sulfone groups is 1. The molecule has 24 heavy (non-hydrogen) atoms. The summed E-state index contributed by atoms with van der Waals surface area (Å²) >= 11 is 1.53. The predicted molar refractivity (Wildman–Crippen MR) is 96.9 cm³/mol. The molecule has 0 saturated carbocycles. The third-order valence-electron chi connectivity index (χ3n) is 4.76. The molecule has 125 valence electrons. The van der Waals surface area contributed by atoms with Crippen LogP contribution in [0.5, 0.6) is 0 Å². The lowest BCUT2D eigenvalue weighted by Gasteiger charge is -2.19. The summed E-state index contributed by atoms with van der Waals surface area (Å²) < 4.78 is 24.6. The summed E-state index contributed by atoms with van der Waals surface area (Å²) in [5.74, 6) is 0.376. The van der Waals surface area contributed by atoms with Crippen molar-refractivity contribution < 1.29 is 13.2 Å². The second-order valence-corrected chi connectivity index (χ2v) is 9.55. The Morgan fingerprint density at radius 1 is 1.08 bits per heavy atom. The van der Waals surface area contributed by atoms with Crippen LogP contribution in [-0.4, -0.2) is 27.1 Å². The minimum Gasteiger partial charge on any atom is -0.315 e.